The Bertz CT molecular complexity index is 345. The third-order valence-corrected chi connectivity index (χ3v) is 3.71. The largest absolute Gasteiger partial charge is 0.330 e. The van der Waals surface area contributed by atoms with E-state index in [0.717, 1.165) is 25.3 Å². The van der Waals surface area contributed by atoms with Crippen molar-refractivity contribution in [3.63, 3.8) is 0 Å². The molecule has 1 aliphatic carbocycles. The van der Waals surface area contributed by atoms with Crippen LogP contribution in [-0.4, -0.2) is 21.3 Å². The fraction of sp³-hybridized carbons (Fsp3) is 0.833. The first-order valence-electron chi connectivity index (χ1n) is 6.37. The number of nitrogens with zero attached hydrogens (tertiary/aromatic N) is 3. The molecular formula is C12H22N4. The second kappa shape index (κ2) is 4.95. The summed E-state index contributed by atoms with van der Waals surface area (Å²) in [5.74, 6) is 3.36. The predicted octanol–water partition coefficient (Wildman–Crippen LogP) is 1.84. The monoisotopic (exact) mass is 222 g/mol. The number of aryl methyl sites for hydroxylation is 1. The summed E-state index contributed by atoms with van der Waals surface area (Å²) < 4.78 is 2.28. The molecule has 0 radical (unpaired) electrons. The van der Waals surface area contributed by atoms with Crippen LogP contribution in [0, 0.1) is 12.8 Å². The summed E-state index contributed by atoms with van der Waals surface area (Å²) in [7, 11) is 0. The van der Waals surface area contributed by atoms with Crippen molar-refractivity contribution in [1.82, 2.24) is 14.8 Å². The highest BCUT2D eigenvalue weighted by Crippen LogP contribution is 2.38. The van der Waals surface area contributed by atoms with Crippen LogP contribution in [0.5, 0.6) is 0 Å². The van der Waals surface area contributed by atoms with Gasteiger partial charge in [0.2, 0.25) is 0 Å². The number of hydrogen-bond donors (Lipinski definition) is 1. The average Bonchev–Trinajstić information content (AvgIpc) is 2.87. The van der Waals surface area contributed by atoms with Gasteiger partial charge in [0.25, 0.3) is 0 Å². The highest BCUT2D eigenvalue weighted by Gasteiger charge is 2.31. The third-order valence-electron chi connectivity index (χ3n) is 3.71. The van der Waals surface area contributed by atoms with Crippen LogP contribution in [0.25, 0.3) is 0 Å². The normalized spacial score (nSPS) is 25.2. The average molecular weight is 222 g/mol. The molecule has 1 heterocycles. The highest BCUT2D eigenvalue weighted by molar-refractivity contribution is 5.06. The molecule has 2 N–H and O–H groups in total. The van der Waals surface area contributed by atoms with Gasteiger partial charge < -0.3 is 10.3 Å². The molecule has 1 saturated carbocycles. The molecule has 1 aromatic heterocycles. The first-order valence-corrected chi connectivity index (χ1v) is 6.37. The lowest BCUT2D eigenvalue weighted by atomic mass is 9.95. The lowest BCUT2D eigenvalue weighted by molar-refractivity contribution is 0.453. The van der Waals surface area contributed by atoms with Crippen molar-refractivity contribution in [2.75, 3.05) is 6.54 Å². The predicted molar refractivity (Wildman–Crippen MR) is 64.2 cm³/mol. The highest BCUT2D eigenvalue weighted by atomic mass is 15.3. The summed E-state index contributed by atoms with van der Waals surface area (Å²) in [5, 5.41) is 8.59. The molecule has 0 bridgehead atoms. The number of nitrogens with two attached hydrogens (primary N) is 1. The molecule has 2 unspecified atom stereocenters. The molecular weight excluding hydrogens is 200 g/mol. The van der Waals surface area contributed by atoms with E-state index in [9.17, 15) is 0 Å². The van der Waals surface area contributed by atoms with Crippen molar-refractivity contribution in [3.8, 4) is 0 Å². The lowest BCUT2D eigenvalue weighted by Gasteiger charge is -2.18. The van der Waals surface area contributed by atoms with E-state index in [2.05, 4.69) is 21.7 Å². The van der Waals surface area contributed by atoms with Gasteiger partial charge in [0.1, 0.15) is 11.6 Å². The topological polar surface area (TPSA) is 56.7 Å². The van der Waals surface area contributed by atoms with Crippen molar-refractivity contribution in [2.24, 2.45) is 11.7 Å². The van der Waals surface area contributed by atoms with Crippen LogP contribution in [0.3, 0.4) is 0 Å². The quantitative estimate of drug-likeness (QED) is 0.845. The Balaban J connectivity index is 2.25. The molecule has 2 rings (SSSR count). The maximum absolute atomic E-state index is 5.83. The van der Waals surface area contributed by atoms with E-state index in [0.29, 0.717) is 11.8 Å². The Morgan fingerprint density at radius 1 is 1.38 bits per heavy atom. The fourth-order valence-electron chi connectivity index (χ4n) is 2.83. The number of aromatic nitrogens is 3. The molecule has 0 aromatic carbocycles. The number of rotatable bonds is 4. The van der Waals surface area contributed by atoms with Crippen molar-refractivity contribution in [1.29, 1.82) is 0 Å². The zero-order valence-electron chi connectivity index (χ0n) is 10.3. The van der Waals surface area contributed by atoms with Crippen molar-refractivity contribution >= 4 is 0 Å². The standard InChI is InChI=1S/C12H22N4/c1-3-7-16-9(2)14-15-12(16)11-6-4-5-10(11)8-13/h10-11H,3-8,13H2,1-2H3. The summed E-state index contributed by atoms with van der Waals surface area (Å²) in [6.07, 6.45) is 4.89. The van der Waals surface area contributed by atoms with Gasteiger partial charge in [-0.2, -0.15) is 0 Å². The van der Waals surface area contributed by atoms with Gasteiger partial charge in [-0.15, -0.1) is 10.2 Å². The van der Waals surface area contributed by atoms with Gasteiger partial charge in [-0.25, -0.2) is 0 Å². The second-order valence-corrected chi connectivity index (χ2v) is 4.79. The van der Waals surface area contributed by atoms with Gasteiger partial charge >= 0.3 is 0 Å². The van der Waals surface area contributed by atoms with Crippen LogP contribution in [0.4, 0.5) is 0 Å². The number of hydrogen-bond acceptors (Lipinski definition) is 3. The van der Waals surface area contributed by atoms with Gasteiger partial charge in [-0.1, -0.05) is 13.3 Å². The fourth-order valence-corrected chi connectivity index (χ4v) is 2.83. The van der Waals surface area contributed by atoms with Crippen molar-refractivity contribution in [3.05, 3.63) is 11.6 Å². The lowest BCUT2D eigenvalue weighted by Crippen LogP contribution is -2.20. The van der Waals surface area contributed by atoms with E-state index in [4.69, 9.17) is 5.73 Å². The third kappa shape index (κ3) is 1.98. The molecule has 2 atom stereocenters. The molecule has 0 amide bonds. The zero-order valence-corrected chi connectivity index (χ0v) is 10.3. The van der Waals surface area contributed by atoms with E-state index in [-0.39, 0.29) is 0 Å². The zero-order chi connectivity index (χ0) is 11.5. The molecule has 1 aliphatic rings. The molecule has 1 fully saturated rings. The van der Waals surface area contributed by atoms with Gasteiger partial charge in [-0.3, -0.25) is 0 Å². The van der Waals surface area contributed by atoms with Gasteiger partial charge in [-0.05, 0) is 38.6 Å². The summed E-state index contributed by atoms with van der Waals surface area (Å²) in [4.78, 5) is 0. The Kier molecular flexibility index (Phi) is 3.59. The summed E-state index contributed by atoms with van der Waals surface area (Å²) >= 11 is 0. The van der Waals surface area contributed by atoms with E-state index in [1.165, 1.54) is 25.1 Å². The molecule has 0 saturated heterocycles. The molecule has 0 aliphatic heterocycles. The van der Waals surface area contributed by atoms with Crippen LogP contribution in [0.1, 0.15) is 50.2 Å². The summed E-state index contributed by atoms with van der Waals surface area (Å²) in [5.41, 5.74) is 5.83. The van der Waals surface area contributed by atoms with E-state index >= 15 is 0 Å². The van der Waals surface area contributed by atoms with E-state index < -0.39 is 0 Å². The van der Waals surface area contributed by atoms with Gasteiger partial charge in [0.05, 0.1) is 0 Å². The van der Waals surface area contributed by atoms with Crippen LogP contribution in [-0.2, 0) is 6.54 Å². The Morgan fingerprint density at radius 2 is 2.19 bits per heavy atom. The Morgan fingerprint density at radius 3 is 2.88 bits per heavy atom. The van der Waals surface area contributed by atoms with E-state index in [1.807, 2.05) is 6.92 Å². The van der Waals surface area contributed by atoms with Crippen LogP contribution in [0.2, 0.25) is 0 Å². The van der Waals surface area contributed by atoms with Crippen molar-refractivity contribution in [2.45, 2.75) is 52.0 Å². The molecule has 4 nitrogen and oxygen atoms in total. The first kappa shape index (κ1) is 11.6. The van der Waals surface area contributed by atoms with E-state index in [1.54, 1.807) is 0 Å². The molecule has 0 spiro atoms. The summed E-state index contributed by atoms with van der Waals surface area (Å²) in [6, 6.07) is 0. The van der Waals surface area contributed by atoms with Crippen LogP contribution < -0.4 is 5.73 Å². The van der Waals surface area contributed by atoms with Crippen LogP contribution >= 0.6 is 0 Å². The van der Waals surface area contributed by atoms with Crippen LogP contribution in [0.15, 0.2) is 0 Å². The smallest absolute Gasteiger partial charge is 0.136 e. The maximum Gasteiger partial charge on any atom is 0.136 e. The SMILES string of the molecule is CCCn1c(C)nnc1C1CCCC1CN. The first-order chi connectivity index (χ1) is 7.77. The van der Waals surface area contributed by atoms with Gasteiger partial charge in [0, 0.05) is 12.5 Å². The Labute approximate surface area is 97.2 Å². The molecule has 90 valence electrons. The Hall–Kier alpha value is -0.900. The molecule has 4 heteroatoms. The summed E-state index contributed by atoms with van der Waals surface area (Å²) in [6.45, 7) is 6.04. The minimum absolute atomic E-state index is 0.540. The second-order valence-electron chi connectivity index (χ2n) is 4.79. The molecule has 1 aromatic rings. The minimum atomic E-state index is 0.540. The maximum atomic E-state index is 5.83. The van der Waals surface area contributed by atoms with Gasteiger partial charge in [0.15, 0.2) is 0 Å². The minimum Gasteiger partial charge on any atom is -0.330 e. The van der Waals surface area contributed by atoms with Crippen molar-refractivity contribution < 1.29 is 0 Å². The molecule has 16 heavy (non-hydrogen) atoms.